The number of ether oxygens (including phenoxy) is 2. The summed E-state index contributed by atoms with van der Waals surface area (Å²) in [5.74, 6) is 0.891. The number of amides is 2. The van der Waals surface area contributed by atoms with Crippen LogP contribution in [0.25, 0.3) is 0 Å². The van der Waals surface area contributed by atoms with Gasteiger partial charge in [0.2, 0.25) is 5.91 Å². The summed E-state index contributed by atoms with van der Waals surface area (Å²) in [7, 11) is 1.57. The molecule has 0 fully saturated rings. The maximum Gasteiger partial charge on any atom is 0.265 e. The van der Waals surface area contributed by atoms with E-state index in [9.17, 15) is 9.59 Å². The van der Waals surface area contributed by atoms with E-state index in [1.165, 1.54) is 0 Å². The lowest BCUT2D eigenvalue weighted by molar-refractivity contribution is -0.122. The minimum absolute atomic E-state index is 0.190. The SMILES string of the molecule is COc1cccc(NC(=O)[C@H](C)Nc2ccc3c(c2)NC(=O)[C@@H](C)O3)c1. The maximum atomic E-state index is 12.4. The first-order valence-corrected chi connectivity index (χ1v) is 8.29. The molecule has 2 atom stereocenters. The van der Waals surface area contributed by atoms with Crippen LogP contribution >= 0.6 is 0 Å². The Morgan fingerprint density at radius 1 is 1.23 bits per heavy atom. The van der Waals surface area contributed by atoms with Gasteiger partial charge in [-0.25, -0.2) is 0 Å². The van der Waals surface area contributed by atoms with Crippen molar-refractivity contribution in [2.75, 3.05) is 23.1 Å². The molecular weight excluding hydrogens is 334 g/mol. The third-order valence-corrected chi connectivity index (χ3v) is 4.02. The Balaban J connectivity index is 1.65. The molecule has 1 heterocycles. The van der Waals surface area contributed by atoms with Crippen molar-refractivity contribution in [3.05, 3.63) is 42.5 Å². The van der Waals surface area contributed by atoms with Crippen LogP contribution in [0.4, 0.5) is 17.1 Å². The Bertz CT molecular complexity index is 837. The Morgan fingerprint density at radius 2 is 2.04 bits per heavy atom. The lowest BCUT2D eigenvalue weighted by Crippen LogP contribution is -2.34. The van der Waals surface area contributed by atoms with Crippen LogP contribution in [0.2, 0.25) is 0 Å². The van der Waals surface area contributed by atoms with E-state index in [2.05, 4.69) is 16.0 Å². The molecule has 7 heteroatoms. The molecule has 2 aromatic carbocycles. The normalized spacial score (nSPS) is 16.6. The van der Waals surface area contributed by atoms with Crippen molar-refractivity contribution in [1.29, 1.82) is 0 Å². The van der Waals surface area contributed by atoms with E-state index in [0.29, 0.717) is 28.6 Å². The fourth-order valence-corrected chi connectivity index (χ4v) is 2.57. The predicted octanol–water partition coefficient (Wildman–Crippen LogP) is 2.85. The van der Waals surface area contributed by atoms with Crippen molar-refractivity contribution in [3.8, 4) is 11.5 Å². The van der Waals surface area contributed by atoms with Crippen LogP contribution in [0.5, 0.6) is 11.5 Å². The van der Waals surface area contributed by atoms with Crippen molar-refractivity contribution in [3.63, 3.8) is 0 Å². The molecule has 3 rings (SSSR count). The molecule has 7 nitrogen and oxygen atoms in total. The zero-order valence-electron chi connectivity index (χ0n) is 14.8. The van der Waals surface area contributed by atoms with Crippen molar-refractivity contribution in [1.82, 2.24) is 0 Å². The summed E-state index contributed by atoms with van der Waals surface area (Å²) in [6, 6.07) is 12.0. The minimum atomic E-state index is -0.520. The average molecular weight is 355 g/mol. The lowest BCUT2D eigenvalue weighted by Gasteiger charge is -2.24. The van der Waals surface area contributed by atoms with Gasteiger partial charge in [0, 0.05) is 17.4 Å². The van der Waals surface area contributed by atoms with Gasteiger partial charge < -0.3 is 25.4 Å². The van der Waals surface area contributed by atoms with Gasteiger partial charge in [0.25, 0.3) is 5.91 Å². The summed E-state index contributed by atoms with van der Waals surface area (Å²) in [5, 5.41) is 8.74. The van der Waals surface area contributed by atoms with Gasteiger partial charge in [0.1, 0.15) is 17.5 Å². The number of carbonyl (C=O) groups excluding carboxylic acids is 2. The number of methoxy groups -OCH3 is 1. The quantitative estimate of drug-likeness (QED) is 0.767. The zero-order chi connectivity index (χ0) is 18.7. The Labute approximate surface area is 151 Å². The van der Waals surface area contributed by atoms with Gasteiger partial charge in [-0.2, -0.15) is 0 Å². The summed E-state index contributed by atoms with van der Waals surface area (Å²) >= 11 is 0. The van der Waals surface area contributed by atoms with Gasteiger partial charge >= 0.3 is 0 Å². The number of nitrogens with one attached hydrogen (secondary N) is 3. The van der Waals surface area contributed by atoms with Gasteiger partial charge in [-0.15, -0.1) is 0 Å². The van der Waals surface area contributed by atoms with Crippen LogP contribution < -0.4 is 25.4 Å². The highest BCUT2D eigenvalue weighted by molar-refractivity contribution is 5.99. The van der Waals surface area contributed by atoms with Crippen LogP contribution in [0, 0.1) is 0 Å². The second-order valence-electron chi connectivity index (χ2n) is 6.05. The summed E-state index contributed by atoms with van der Waals surface area (Å²) in [6.07, 6.45) is -0.520. The molecule has 2 amide bonds. The highest BCUT2D eigenvalue weighted by Crippen LogP contribution is 2.32. The number of benzene rings is 2. The molecule has 1 aliphatic rings. The van der Waals surface area contributed by atoms with Crippen LogP contribution in [0.1, 0.15) is 13.8 Å². The smallest absolute Gasteiger partial charge is 0.265 e. The van der Waals surface area contributed by atoms with E-state index < -0.39 is 12.1 Å². The van der Waals surface area contributed by atoms with Crippen LogP contribution in [0.3, 0.4) is 0 Å². The predicted molar refractivity (Wildman–Crippen MR) is 99.9 cm³/mol. The average Bonchev–Trinajstić information content (AvgIpc) is 2.63. The van der Waals surface area contributed by atoms with E-state index in [0.717, 1.165) is 0 Å². The number of carbonyl (C=O) groups is 2. The topological polar surface area (TPSA) is 88.7 Å². The maximum absolute atomic E-state index is 12.4. The minimum Gasteiger partial charge on any atom is -0.497 e. The number of anilines is 3. The van der Waals surface area contributed by atoms with E-state index >= 15 is 0 Å². The van der Waals surface area contributed by atoms with Crippen molar-refractivity contribution in [2.45, 2.75) is 26.0 Å². The van der Waals surface area contributed by atoms with Crippen LogP contribution in [-0.4, -0.2) is 31.1 Å². The highest BCUT2D eigenvalue weighted by atomic mass is 16.5. The molecule has 0 radical (unpaired) electrons. The molecule has 0 saturated heterocycles. The number of hydrogen-bond donors (Lipinski definition) is 3. The summed E-state index contributed by atoms with van der Waals surface area (Å²) < 4.78 is 10.7. The first-order chi connectivity index (χ1) is 12.5. The number of hydrogen-bond acceptors (Lipinski definition) is 5. The molecule has 136 valence electrons. The van der Waals surface area contributed by atoms with Crippen LogP contribution in [0.15, 0.2) is 42.5 Å². The monoisotopic (exact) mass is 355 g/mol. The second-order valence-corrected chi connectivity index (χ2v) is 6.05. The van der Waals surface area contributed by atoms with Gasteiger partial charge in [-0.3, -0.25) is 9.59 Å². The highest BCUT2D eigenvalue weighted by Gasteiger charge is 2.24. The molecule has 0 unspecified atom stereocenters. The molecule has 0 aliphatic carbocycles. The van der Waals surface area contributed by atoms with E-state index in [1.807, 2.05) is 6.07 Å². The lowest BCUT2D eigenvalue weighted by atomic mass is 10.2. The molecule has 0 spiro atoms. The third-order valence-electron chi connectivity index (χ3n) is 4.02. The molecular formula is C19H21N3O4. The van der Waals surface area contributed by atoms with Crippen molar-refractivity contribution in [2.24, 2.45) is 0 Å². The van der Waals surface area contributed by atoms with Gasteiger partial charge in [-0.05, 0) is 44.2 Å². The molecule has 0 aromatic heterocycles. The fourth-order valence-electron chi connectivity index (χ4n) is 2.57. The standard InChI is InChI=1S/C19H21N3O4/c1-11(18(23)21-13-5-4-6-15(9-13)25-3)20-14-7-8-17-16(10-14)22-19(24)12(2)26-17/h4-12,20H,1-3H3,(H,21,23)(H,22,24)/t11-,12+/m0/s1. The number of fused-ring (bicyclic) bond motifs is 1. The molecule has 0 saturated carbocycles. The first kappa shape index (κ1) is 17.6. The van der Waals surface area contributed by atoms with E-state index in [4.69, 9.17) is 9.47 Å². The van der Waals surface area contributed by atoms with Crippen molar-refractivity contribution < 1.29 is 19.1 Å². The van der Waals surface area contributed by atoms with Gasteiger partial charge in [0.05, 0.1) is 12.8 Å². The molecule has 2 aromatic rings. The summed E-state index contributed by atoms with van der Waals surface area (Å²) in [6.45, 7) is 3.45. The van der Waals surface area contributed by atoms with Gasteiger partial charge in [-0.1, -0.05) is 6.07 Å². The molecule has 26 heavy (non-hydrogen) atoms. The van der Waals surface area contributed by atoms with Gasteiger partial charge in [0.15, 0.2) is 6.10 Å². The third kappa shape index (κ3) is 3.88. The first-order valence-electron chi connectivity index (χ1n) is 8.29. The summed E-state index contributed by atoms with van der Waals surface area (Å²) in [4.78, 5) is 24.1. The zero-order valence-corrected chi connectivity index (χ0v) is 14.8. The second kappa shape index (κ2) is 7.35. The number of rotatable bonds is 5. The van der Waals surface area contributed by atoms with Crippen molar-refractivity contribution >= 4 is 28.9 Å². The Kier molecular flexibility index (Phi) is 4.97. The van der Waals surface area contributed by atoms with Crippen LogP contribution in [-0.2, 0) is 9.59 Å². The molecule has 0 bridgehead atoms. The molecule has 1 aliphatic heterocycles. The largest absolute Gasteiger partial charge is 0.497 e. The van der Waals surface area contributed by atoms with E-state index in [-0.39, 0.29) is 11.8 Å². The summed E-state index contributed by atoms with van der Waals surface area (Å²) in [5.41, 5.74) is 1.94. The Morgan fingerprint density at radius 3 is 2.81 bits per heavy atom. The Hall–Kier alpha value is -3.22. The van der Waals surface area contributed by atoms with E-state index in [1.54, 1.807) is 57.4 Å². The molecule has 3 N–H and O–H groups in total. The fraction of sp³-hybridized carbons (Fsp3) is 0.263.